The predicted molar refractivity (Wildman–Crippen MR) is 65.1 cm³/mol. The lowest BCUT2D eigenvalue weighted by molar-refractivity contribution is 0.412. The largest absolute Gasteiger partial charge is 0.310 e. The molecule has 0 spiro atoms. The zero-order chi connectivity index (χ0) is 10.7. The summed E-state index contributed by atoms with van der Waals surface area (Å²) in [5.41, 5.74) is 2.93. The molecule has 0 saturated carbocycles. The smallest absolute Gasteiger partial charge is 0.0320 e. The first-order chi connectivity index (χ1) is 7.27. The van der Waals surface area contributed by atoms with Crippen molar-refractivity contribution in [2.45, 2.75) is 45.1 Å². The first kappa shape index (κ1) is 10.7. The molecule has 0 aliphatic carbocycles. The number of piperidine rings is 1. The molecular weight excluding hydrogens is 182 g/mol. The van der Waals surface area contributed by atoms with E-state index in [9.17, 15) is 0 Å². The Hall–Kier alpha value is -0.820. The van der Waals surface area contributed by atoms with Crippen molar-refractivity contribution in [3.8, 4) is 0 Å². The molecule has 2 rings (SSSR count). The van der Waals surface area contributed by atoms with Crippen molar-refractivity contribution in [3.63, 3.8) is 0 Å². The molecule has 0 amide bonds. The van der Waals surface area contributed by atoms with Gasteiger partial charge in [-0.15, -0.1) is 0 Å². The van der Waals surface area contributed by atoms with Gasteiger partial charge in [-0.3, -0.25) is 0 Å². The van der Waals surface area contributed by atoms with Gasteiger partial charge in [-0.1, -0.05) is 44.5 Å². The zero-order valence-corrected chi connectivity index (χ0v) is 9.79. The van der Waals surface area contributed by atoms with Crippen LogP contribution >= 0.6 is 0 Å². The van der Waals surface area contributed by atoms with Crippen molar-refractivity contribution in [1.82, 2.24) is 5.32 Å². The molecule has 1 atom stereocenters. The summed E-state index contributed by atoms with van der Waals surface area (Å²) in [6, 6.07) is 9.65. The maximum Gasteiger partial charge on any atom is 0.0320 e. The Morgan fingerprint density at radius 1 is 1.27 bits per heavy atom. The second-order valence-corrected chi connectivity index (χ2v) is 4.83. The van der Waals surface area contributed by atoms with E-state index in [2.05, 4.69) is 43.4 Å². The van der Waals surface area contributed by atoms with E-state index in [4.69, 9.17) is 0 Å². The van der Waals surface area contributed by atoms with Gasteiger partial charge in [0.25, 0.3) is 0 Å². The average Bonchev–Trinajstić information content (AvgIpc) is 2.30. The van der Waals surface area contributed by atoms with Gasteiger partial charge in [0.05, 0.1) is 0 Å². The molecule has 1 aromatic rings. The summed E-state index contributed by atoms with van der Waals surface area (Å²) in [6.45, 7) is 5.69. The van der Waals surface area contributed by atoms with Gasteiger partial charge in [-0.25, -0.2) is 0 Å². The van der Waals surface area contributed by atoms with Crippen molar-refractivity contribution in [1.29, 1.82) is 0 Å². The molecule has 82 valence electrons. The summed E-state index contributed by atoms with van der Waals surface area (Å²) in [7, 11) is 0. The van der Waals surface area contributed by atoms with Crippen LogP contribution in [0.15, 0.2) is 24.3 Å². The van der Waals surface area contributed by atoms with E-state index in [1.165, 1.54) is 36.9 Å². The third kappa shape index (κ3) is 2.60. The van der Waals surface area contributed by atoms with Crippen LogP contribution in [-0.2, 0) is 0 Å². The monoisotopic (exact) mass is 203 g/mol. The van der Waals surface area contributed by atoms with Gasteiger partial charge < -0.3 is 5.32 Å². The summed E-state index contributed by atoms with van der Waals surface area (Å²) in [5.74, 6) is 0.633. The van der Waals surface area contributed by atoms with Crippen LogP contribution in [0.4, 0.5) is 0 Å². The Bertz CT molecular complexity index is 311. The van der Waals surface area contributed by atoms with Gasteiger partial charge in [0, 0.05) is 6.04 Å². The van der Waals surface area contributed by atoms with Crippen LogP contribution < -0.4 is 5.32 Å². The lowest BCUT2D eigenvalue weighted by atomic mass is 9.93. The number of rotatable bonds is 2. The summed E-state index contributed by atoms with van der Waals surface area (Å²) in [5, 5.41) is 3.60. The highest BCUT2D eigenvalue weighted by atomic mass is 14.9. The first-order valence-electron chi connectivity index (χ1n) is 6.10. The Labute approximate surface area is 92.9 Å². The average molecular weight is 203 g/mol. The fraction of sp³-hybridized carbons (Fsp3) is 0.571. The van der Waals surface area contributed by atoms with E-state index >= 15 is 0 Å². The van der Waals surface area contributed by atoms with Crippen LogP contribution in [0.5, 0.6) is 0 Å². The minimum absolute atomic E-state index is 0.595. The van der Waals surface area contributed by atoms with E-state index < -0.39 is 0 Å². The normalized spacial score (nSPS) is 21.9. The van der Waals surface area contributed by atoms with Crippen LogP contribution in [-0.4, -0.2) is 6.54 Å². The summed E-state index contributed by atoms with van der Waals surface area (Å²) in [4.78, 5) is 0. The van der Waals surface area contributed by atoms with Crippen molar-refractivity contribution in [3.05, 3.63) is 35.4 Å². The first-order valence-corrected chi connectivity index (χ1v) is 6.10. The highest BCUT2D eigenvalue weighted by Crippen LogP contribution is 2.25. The van der Waals surface area contributed by atoms with Crippen molar-refractivity contribution < 1.29 is 0 Å². The molecule has 1 heteroatoms. The second-order valence-electron chi connectivity index (χ2n) is 4.83. The van der Waals surface area contributed by atoms with Crippen LogP contribution in [0.1, 0.15) is 56.2 Å². The molecule has 0 aromatic heterocycles. The quantitative estimate of drug-likeness (QED) is 0.774. The number of hydrogen-bond donors (Lipinski definition) is 1. The Kier molecular flexibility index (Phi) is 3.42. The molecule has 1 aliphatic rings. The van der Waals surface area contributed by atoms with E-state index in [1.54, 1.807) is 0 Å². The third-order valence-electron chi connectivity index (χ3n) is 3.29. The molecular formula is C14H21N. The minimum atomic E-state index is 0.595. The molecule has 0 unspecified atom stereocenters. The van der Waals surface area contributed by atoms with Gasteiger partial charge in [0.2, 0.25) is 0 Å². The SMILES string of the molecule is CC(C)c1cccc([C@@H]2CCCCN2)c1. The van der Waals surface area contributed by atoms with Gasteiger partial charge in [0.1, 0.15) is 0 Å². The highest BCUT2D eigenvalue weighted by Gasteiger charge is 2.14. The van der Waals surface area contributed by atoms with Crippen molar-refractivity contribution >= 4 is 0 Å². The van der Waals surface area contributed by atoms with E-state index in [1.807, 2.05) is 0 Å². The van der Waals surface area contributed by atoms with Gasteiger partial charge in [0.15, 0.2) is 0 Å². The topological polar surface area (TPSA) is 12.0 Å². The molecule has 1 aromatic carbocycles. The van der Waals surface area contributed by atoms with E-state index in [0.29, 0.717) is 12.0 Å². The maximum atomic E-state index is 3.60. The number of nitrogens with one attached hydrogen (secondary N) is 1. The number of benzene rings is 1. The third-order valence-corrected chi connectivity index (χ3v) is 3.29. The lowest BCUT2D eigenvalue weighted by Gasteiger charge is -2.24. The maximum absolute atomic E-state index is 3.60. The highest BCUT2D eigenvalue weighted by molar-refractivity contribution is 5.28. The van der Waals surface area contributed by atoms with Crippen molar-refractivity contribution in [2.24, 2.45) is 0 Å². The van der Waals surface area contributed by atoms with Gasteiger partial charge in [-0.05, 0) is 36.4 Å². The molecule has 15 heavy (non-hydrogen) atoms. The molecule has 0 bridgehead atoms. The van der Waals surface area contributed by atoms with Crippen LogP contribution in [0.2, 0.25) is 0 Å². The van der Waals surface area contributed by atoms with E-state index in [-0.39, 0.29) is 0 Å². The lowest BCUT2D eigenvalue weighted by Crippen LogP contribution is -2.26. The van der Waals surface area contributed by atoms with Gasteiger partial charge in [-0.2, -0.15) is 0 Å². The fourth-order valence-electron chi connectivity index (χ4n) is 2.27. The minimum Gasteiger partial charge on any atom is -0.310 e. The standard InChI is InChI=1S/C14H21N/c1-11(2)12-6-5-7-13(10-12)14-8-3-4-9-15-14/h5-7,10-11,14-15H,3-4,8-9H2,1-2H3/t14-/m0/s1. The Morgan fingerprint density at radius 2 is 2.13 bits per heavy atom. The summed E-state index contributed by atoms with van der Waals surface area (Å²) in [6.07, 6.45) is 3.99. The molecule has 1 nitrogen and oxygen atoms in total. The predicted octanol–water partition coefficient (Wildman–Crippen LogP) is 3.62. The molecule has 0 radical (unpaired) electrons. The van der Waals surface area contributed by atoms with Crippen LogP contribution in [0.3, 0.4) is 0 Å². The fourth-order valence-corrected chi connectivity index (χ4v) is 2.27. The Balaban J connectivity index is 2.16. The van der Waals surface area contributed by atoms with E-state index in [0.717, 1.165) is 0 Å². The summed E-state index contributed by atoms with van der Waals surface area (Å²) >= 11 is 0. The molecule has 1 heterocycles. The van der Waals surface area contributed by atoms with Crippen LogP contribution in [0, 0.1) is 0 Å². The Morgan fingerprint density at radius 3 is 2.80 bits per heavy atom. The molecule has 1 saturated heterocycles. The summed E-state index contributed by atoms with van der Waals surface area (Å²) < 4.78 is 0. The zero-order valence-electron chi connectivity index (χ0n) is 9.79. The van der Waals surface area contributed by atoms with Gasteiger partial charge >= 0.3 is 0 Å². The molecule has 1 N–H and O–H groups in total. The molecule has 1 fully saturated rings. The van der Waals surface area contributed by atoms with Crippen LogP contribution in [0.25, 0.3) is 0 Å². The van der Waals surface area contributed by atoms with Crippen molar-refractivity contribution in [2.75, 3.05) is 6.54 Å². The second kappa shape index (κ2) is 4.80. The number of hydrogen-bond acceptors (Lipinski definition) is 1. The molecule has 1 aliphatic heterocycles.